The molecule has 0 atom stereocenters. The van der Waals surface area contributed by atoms with Crippen molar-refractivity contribution in [2.75, 3.05) is 43.4 Å². The number of halogens is 1. The van der Waals surface area contributed by atoms with Gasteiger partial charge in [0.25, 0.3) is 0 Å². The molecule has 0 saturated carbocycles. The highest BCUT2D eigenvalue weighted by molar-refractivity contribution is 5.66. The lowest BCUT2D eigenvalue weighted by Gasteiger charge is -2.33. The number of aromatic nitrogens is 2. The zero-order valence-corrected chi connectivity index (χ0v) is 15.3. The zero-order valence-electron chi connectivity index (χ0n) is 15.3. The number of likely N-dealkylation sites (N-methyl/N-ethyl adjacent to an activating group) is 1. The number of hydrogen-bond acceptors (Lipinski definition) is 5. The normalized spacial score (nSPS) is 15.0. The van der Waals surface area contributed by atoms with Crippen LogP contribution in [-0.4, -0.2) is 48.1 Å². The number of benzene rings is 2. The molecule has 27 heavy (non-hydrogen) atoms. The van der Waals surface area contributed by atoms with Crippen LogP contribution in [0.25, 0.3) is 11.3 Å². The molecule has 1 aromatic heterocycles. The Morgan fingerprint density at radius 1 is 0.889 bits per heavy atom. The van der Waals surface area contributed by atoms with Gasteiger partial charge in [0.2, 0.25) is 5.95 Å². The fourth-order valence-electron chi connectivity index (χ4n) is 3.13. The summed E-state index contributed by atoms with van der Waals surface area (Å²) in [6.07, 6.45) is 0. The molecule has 0 bridgehead atoms. The Morgan fingerprint density at radius 3 is 2.33 bits per heavy atom. The molecule has 2 heterocycles. The first-order chi connectivity index (χ1) is 13.2. The molecule has 1 N–H and O–H groups in total. The molecule has 3 aromatic rings. The first kappa shape index (κ1) is 17.4. The van der Waals surface area contributed by atoms with Crippen LogP contribution >= 0.6 is 0 Å². The summed E-state index contributed by atoms with van der Waals surface area (Å²) in [5.74, 6) is 0.929. The minimum atomic E-state index is -0.327. The van der Waals surface area contributed by atoms with Gasteiger partial charge in [0.15, 0.2) is 0 Å². The minimum absolute atomic E-state index is 0.327. The lowest BCUT2D eigenvalue weighted by molar-refractivity contribution is 0.312. The lowest BCUT2D eigenvalue weighted by Crippen LogP contribution is -2.44. The Hall–Kier alpha value is -2.99. The van der Waals surface area contributed by atoms with Crippen molar-refractivity contribution in [3.05, 3.63) is 66.5 Å². The predicted octanol–water partition coefficient (Wildman–Crippen LogP) is 3.78. The first-order valence-electron chi connectivity index (χ1n) is 9.08. The van der Waals surface area contributed by atoms with Gasteiger partial charge < -0.3 is 15.1 Å². The van der Waals surface area contributed by atoms with Crippen LogP contribution in [0.5, 0.6) is 0 Å². The Bertz CT molecular complexity index is 907. The molecule has 6 heteroatoms. The number of piperazine rings is 1. The van der Waals surface area contributed by atoms with E-state index in [1.165, 1.54) is 6.07 Å². The number of rotatable bonds is 4. The molecular formula is C21H22FN5. The average Bonchev–Trinajstić information content (AvgIpc) is 2.71. The molecule has 0 aliphatic carbocycles. The molecular weight excluding hydrogens is 341 g/mol. The van der Waals surface area contributed by atoms with E-state index in [2.05, 4.69) is 32.1 Å². The van der Waals surface area contributed by atoms with Gasteiger partial charge in [0.1, 0.15) is 11.6 Å². The van der Waals surface area contributed by atoms with Gasteiger partial charge in [-0.25, -0.2) is 9.37 Å². The second kappa shape index (κ2) is 7.72. The van der Waals surface area contributed by atoms with Crippen molar-refractivity contribution in [3.63, 3.8) is 0 Å². The highest BCUT2D eigenvalue weighted by atomic mass is 19.1. The topological polar surface area (TPSA) is 44.3 Å². The summed E-state index contributed by atoms with van der Waals surface area (Å²) in [7, 11) is 2.12. The van der Waals surface area contributed by atoms with E-state index < -0.39 is 0 Å². The zero-order chi connectivity index (χ0) is 18.6. The molecule has 2 aromatic carbocycles. The predicted molar refractivity (Wildman–Crippen MR) is 107 cm³/mol. The standard InChI is InChI=1S/C21H22FN5/c1-26-11-13-27(14-12-26)20-15-19(16-7-3-2-4-8-16)24-21(25-20)23-18-10-6-5-9-17(18)22/h2-10,15H,11-14H2,1H3,(H,23,24,25). The van der Waals surface area contributed by atoms with E-state index in [9.17, 15) is 4.39 Å². The van der Waals surface area contributed by atoms with Gasteiger partial charge in [0, 0.05) is 37.8 Å². The first-order valence-corrected chi connectivity index (χ1v) is 9.08. The van der Waals surface area contributed by atoms with E-state index in [0.29, 0.717) is 11.6 Å². The number of anilines is 3. The van der Waals surface area contributed by atoms with Crippen LogP contribution in [-0.2, 0) is 0 Å². The number of nitrogens with zero attached hydrogens (tertiary/aromatic N) is 4. The van der Waals surface area contributed by atoms with Gasteiger partial charge in [-0.05, 0) is 19.2 Å². The minimum Gasteiger partial charge on any atom is -0.354 e. The molecule has 1 saturated heterocycles. The monoisotopic (exact) mass is 363 g/mol. The largest absolute Gasteiger partial charge is 0.354 e. The average molecular weight is 363 g/mol. The molecule has 0 unspecified atom stereocenters. The SMILES string of the molecule is CN1CCN(c2cc(-c3ccccc3)nc(Nc3ccccc3F)n2)CC1. The second-order valence-electron chi connectivity index (χ2n) is 6.70. The van der Waals surface area contributed by atoms with E-state index in [0.717, 1.165) is 43.3 Å². The third-order valence-electron chi connectivity index (χ3n) is 4.73. The van der Waals surface area contributed by atoms with Crippen LogP contribution in [0.15, 0.2) is 60.7 Å². The summed E-state index contributed by atoms with van der Waals surface area (Å²) < 4.78 is 14.1. The van der Waals surface area contributed by atoms with Crippen LogP contribution in [0.2, 0.25) is 0 Å². The summed E-state index contributed by atoms with van der Waals surface area (Å²) in [6, 6.07) is 18.5. The van der Waals surface area contributed by atoms with E-state index in [4.69, 9.17) is 0 Å². The Morgan fingerprint density at radius 2 is 1.59 bits per heavy atom. The van der Waals surface area contributed by atoms with Crippen molar-refractivity contribution >= 4 is 17.5 Å². The maximum absolute atomic E-state index is 14.1. The van der Waals surface area contributed by atoms with Crippen molar-refractivity contribution < 1.29 is 4.39 Å². The molecule has 0 radical (unpaired) electrons. The smallest absolute Gasteiger partial charge is 0.229 e. The summed E-state index contributed by atoms with van der Waals surface area (Å²) in [5, 5.41) is 3.04. The third kappa shape index (κ3) is 4.06. The second-order valence-corrected chi connectivity index (χ2v) is 6.70. The van der Waals surface area contributed by atoms with Gasteiger partial charge >= 0.3 is 0 Å². The molecule has 0 spiro atoms. The van der Waals surface area contributed by atoms with Crippen molar-refractivity contribution in [3.8, 4) is 11.3 Å². The number of hydrogen-bond donors (Lipinski definition) is 1. The summed E-state index contributed by atoms with van der Waals surface area (Å²) in [5.41, 5.74) is 2.19. The Kier molecular flexibility index (Phi) is 4.98. The van der Waals surface area contributed by atoms with E-state index in [1.54, 1.807) is 18.2 Å². The molecule has 138 valence electrons. The van der Waals surface area contributed by atoms with Gasteiger partial charge in [0.05, 0.1) is 11.4 Å². The molecule has 1 aliphatic rings. The summed E-state index contributed by atoms with van der Waals surface area (Å²) in [4.78, 5) is 13.8. The van der Waals surface area contributed by atoms with Crippen molar-refractivity contribution in [1.82, 2.24) is 14.9 Å². The van der Waals surface area contributed by atoms with Crippen LogP contribution in [0.1, 0.15) is 0 Å². The highest BCUT2D eigenvalue weighted by Gasteiger charge is 2.18. The van der Waals surface area contributed by atoms with E-state index >= 15 is 0 Å². The summed E-state index contributed by atoms with van der Waals surface area (Å²) >= 11 is 0. The quantitative estimate of drug-likeness (QED) is 0.764. The molecule has 0 amide bonds. The van der Waals surface area contributed by atoms with E-state index in [1.807, 2.05) is 36.4 Å². The van der Waals surface area contributed by atoms with Crippen molar-refractivity contribution in [2.45, 2.75) is 0 Å². The maximum Gasteiger partial charge on any atom is 0.229 e. The lowest BCUT2D eigenvalue weighted by atomic mass is 10.1. The van der Waals surface area contributed by atoms with Gasteiger partial charge in [-0.3, -0.25) is 0 Å². The van der Waals surface area contributed by atoms with Crippen LogP contribution < -0.4 is 10.2 Å². The van der Waals surface area contributed by atoms with Crippen molar-refractivity contribution in [2.24, 2.45) is 0 Å². The third-order valence-corrected chi connectivity index (χ3v) is 4.73. The molecule has 1 aliphatic heterocycles. The Labute approximate surface area is 158 Å². The van der Waals surface area contributed by atoms with Gasteiger partial charge in [-0.2, -0.15) is 4.98 Å². The summed E-state index contributed by atoms with van der Waals surface area (Å²) in [6.45, 7) is 3.78. The maximum atomic E-state index is 14.1. The Balaban J connectivity index is 1.71. The van der Waals surface area contributed by atoms with Gasteiger partial charge in [-0.1, -0.05) is 42.5 Å². The van der Waals surface area contributed by atoms with Crippen LogP contribution in [0.4, 0.5) is 21.8 Å². The molecule has 5 nitrogen and oxygen atoms in total. The number of nitrogens with one attached hydrogen (secondary N) is 1. The van der Waals surface area contributed by atoms with Crippen LogP contribution in [0.3, 0.4) is 0 Å². The number of para-hydroxylation sites is 1. The van der Waals surface area contributed by atoms with E-state index in [-0.39, 0.29) is 5.82 Å². The molecule has 1 fully saturated rings. The van der Waals surface area contributed by atoms with Crippen molar-refractivity contribution in [1.29, 1.82) is 0 Å². The highest BCUT2D eigenvalue weighted by Crippen LogP contribution is 2.26. The molecule has 4 rings (SSSR count). The fraction of sp³-hybridized carbons (Fsp3) is 0.238. The fourth-order valence-corrected chi connectivity index (χ4v) is 3.13. The van der Waals surface area contributed by atoms with Gasteiger partial charge in [-0.15, -0.1) is 0 Å². The van der Waals surface area contributed by atoms with Crippen LogP contribution in [0, 0.1) is 5.82 Å².